The number of hydrogen-bond acceptors (Lipinski definition) is 5. The first-order valence-electron chi connectivity index (χ1n) is 9.17. The van der Waals surface area contributed by atoms with E-state index in [4.69, 9.17) is 9.47 Å². The Morgan fingerprint density at radius 3 is 2.48 bits per heavy atom. The van der Waals surface area contributed by atoms with Crippen molar-refractivity contribution in [2.24, 2.45) is 0 Å². The molecule has 2 aliphatic rings. The van der Waals surface area contributed by atoms with E-state index in [-0.39, 0.29) is 36.3 Å². The number of likely N-dealkylation sites (tertiary alicyclic amines) is 1. The lowest BCUT2D eigenvalue weighted by atomic mass is 10.0. The molecule has 0 bridgehead atoms. The summed E-state index contributed by atoms with van der Waals surface area (Å²) >= 11 is 0. The van der Waals surface area contributed by atoms with Gasteiger partial charge < -0.3 is 25.0 Å². The number of halogens is 1. The number of nitrogens with zero attached hydrogens (tertiary/aromatic N) is 1. The van der Waals surface area contributed by atoms with Crippen LogP contribution in [-0.2, 0) is 4.79 Å². The fourth-order valence-corrected chi connectivity index (χ4v) is 3.58. The van der Waals surface area contributed by atoms with Crippen LogP contribution in [0.5, 0.6) is 11.5 Å². The van der Waals surface area contributed by atoms with E-state index >= 15 is 0 Å². The van der Waals surface area contributed by atoms with Crippen molar-refractivity contribution >= 4 is 24.2 Å². The molecule has 2 heterocycles. The molecular formula is C19H28ClN3O4. The highest BCUT2D eigenvalue weighted by atomic mass is 35.5. The van der Waals surface area contributed by atoms with E-state index in [1.54, 1.807) is 32.4 Å². The number of carbonyl (C=O) groups excluding carboxylic acids is 2. The maximum atomic E-state index is 12.8. The summed E-state index contributed by atoms with van der Waals surface area (Å²) in [5, 5.41) is 6.33. The van der Waals surface area contributed by atoms with Gasteiger partial charge in [-0.05, 0) is 44.4 Å². The number of hydrogen-bond donors (Lipinski definition) is 2. The maximum Gasteiger partial charge on any atom is 0.257 e. The van der Waals surface area contributed by atoms with Crippen molar-refractivity contribution in [3.8, 4) is 11.5 Å². The van der Waals surface area contributed by atoms with E-state index in [2.05, 4.69) is 10.6 Å². The second-order valence-electron chi connectivity index (χ2n) is 6.79. The molecule has 1 aromatic carbocycles. The molecule has 0 aliphatic carbocycles. The first-order chi connectivity index (χ1) is 12.6. The van der Waals surface area contributed by atoms with Crippen molar-refractivity contribution in [1.82, 2.24) is 15.5 Å². The van der Waals surface area contributed by atoms with E-state index < -0.39 is 0 Å². The molecule has 2 saturated heterocycles. The van der Waals surface area contributed by atoms with Crippen LogP contribution < -0.4 is 20.1 Å². The van der Waals surface area contributed by atoms with Crippen molar-refractivity contribution in [1.29, 1.82) is 0 Å². The minimum atomic E-state index is -0.0572. The minimum absolute atomic E-state index is 0. The number of rotatable bonds is 5. The Balaban J connectivity index is 0.00000261. The summed E-state index contributed by atoms with van der Waals surface area (Å²) in [5.41, 5.74) is 0.533. The van der Waals surface area contributed by atoms with Crippen LogP contribution in [0.1, 0.15) is 36.0 Å². The molecule has 150 valence electrons. The van der Waals surface area contributed by atoms with E-state index in [1.807, 2.05) is 4.90 Å². The number of nitrogens with one attached hydrogen (secondary N) is 2. The highest BCUT2D eigenvalue weighted by Gasteiger charge is 2.29. The van der Waals surface area contributed by atoms with Gasteiger partial charge in [0.15, 0.2) is 0 Å². The average Bonchev–Trinajstić information content (AvgIpc) is 3.22. The normalized spacial score (nSPS) is 19.9. The van der Waals surface area contributed by atoms with Gasteiger partial charge in [-0.25, -0.2) is 0 Å². The van der Waals surface area contributed by atoms with Crippen LogP contribution in [0.2, 0.25) is 0 Å². The van der Waals surface area contributed by atoms with Gasteiger partial charge in [-0.3, -0.25) is 9.59 Å². The van der Waals surface area contributed by atoms with Crippen LogP contribution in [0.3, 0.4) is 0 Å². The summed E-state index contributed by atoms with van der Waals surface area (Å²) in [6.07, 6.45) is 3.49. The number of ether oxygens (including phenoxy) is 2. The molecule has 0 saturated carbocycles. The van der Waals surface area contributed by atoms with Crippen LogP contribution >= 0.6 is 12.4 Å². The first-order valence-corrected chi connectivity index (χ1v) is 9.17. The summed E-state index contributed by atoms with van der Waals surface area (Å²) in [5.74, 6) is 1.20. The fourth-order valence-electron chi connectivity index (χ4n) is 3.58. The number of amides is 2. The zero-order valence-electron chi connectivity index (χ0n) is 15.8. The molecule has 2 fully saturated rings. The van der Waals surface area contributed by atoms with Crippen molar-refractivity contribution in [3.05, 3.63) is 23.8 Å². The Bertz CT molecular complexity index is 656. The van der Waals surface area contributed by atoms with Gasteiger partial charge in [-0.15, -0.1) is 12.4 Å². The van der Waals surface area contributed by atoms with Crippen LogP contribution in [0.15, 0.2) is 18.2 Å². The number of benzene rings is 1. The molecule has 27 heavy (non-hydrogen) atoms. The third kappa shape index (κ3) is 5.05. The van der Waals surface area contributed by atoms with Gasteiger partial charge in [0.25, 0.3) is 5.91 Å². The third-order valence-electron chi connectivity index (χ3n) is 5.14. The minimum Gasteiger partial charge on any atom is -0.497 e. The lowest BCUT2D eigenvalue weighted by Gasteiger charge is -2.33. The Kier molecular flexibility index (Phi) is 7.74. The van der Waals surface area contributed by atoms with Crippen molar-refractivity contribution in [2.75, 3.05) is 33.9 Å². The molecule has 1 atom stereocenters. The molecule has 1 aromatic rings. The molecule has 3 rings (SSSR count). The SMILES string of the molecule is COc1ccc(C(=O)N2CCC(NC(=O)C3CCCN3)CC2)c(OC)c1.Cl. The van der Waals surface area contributed by atoms with E-state index in [0.29, 0.717) is 30.2 Å². The lowest BCUT2D eigenvalue weighted by Crippen LogP contribution is -2.50. The van der Waals surface area contributed by atoms with Crippen LogP contribution in [0, 0.1) is 0 Å². The second-order valence-corrected chi connectivity index (χ2v) is 6.79. The highest BCUT2D eigenvalue weighted by molar-refractivity contribution is 5.97. The summed E-state index contributed by atoms with van der Waals surface area (Å²) in [6.45, 7) is 2.16. The second kappa shape index (κ2) is 9.80. The van der Waals surface area contributed by atoms with Gasteiger partial charge in [-0.1, -0.05) is 0 Å². The van der Waals surface area contributed by atoms with Gasteiger partial charge in [0.1, 0.15) is 11.5 Å². The molecule has 2 amide bonds. The predicted molar refractivity (Wildman–Crippen MR) is 105 cm³/mol. The standard InChI is InChI=1S/C19H27N3O4.ClH/c1-25-14-5-6-15(17(12-14)26-2)19(24)22-10-7-13(8-11-22)21-18(23)16-4-3-9-20-16;/h5-6,12-13,16,20H,3-4,7-11H2,1-2H3,(H,21,23);1H. The first kappa shape index (κ1) is 21.3. The molecule has 8 heteroatoms. The Hall–Kier alpha value is -1.99. The number of methoxy groups -OCH3 is 2. The van der Waals surface area contributed by atoms with E-state index in [0.717, 1.165) is 32.2 Å². The molecule has 7 nitrogen and oxygen atoms in total. The predicted octanol–water partition coefficient (Wildman–Crippen LogP) is 1.60. The van der Waals surface area contributed by atoms with E-state index in [1.165, 1.54) is 0 Å². The fraction of sp³-hybridized carbons (Fsp3) is 0.579. The molecular weight excluding hydrogens is 370 g/mol. The van der Waals surface area contributed by atoms with Gasteiger partial charge in [0.2, 0.25) is 5.91 Å². The topological polar surface area (TPSA) is 79.9 Å². The molecule has 1 unspecified atom stereocenters. The Labute approximate surface area is 166 Å². The summed E-state index contributed by atoms with van der Waals surface area (Å²) in [7, 11) is 3.13. The molecule has 2 N–H and O–H groups in total. The Morgan fingerprint density at radius 1 is 1.15 bits per heavy atom. The monoisotopic (exact) mass is 397 g/mol. The van der Waals surface area contributed by atoms with Crippen LogP contribution in [0.4, 0.5) is 0 Å². The largest absolute Gasteiger partial charge is 0.497 e. The Morgan fingerprint density at radius 2 is 1.89 bits per heavy atom. The van der Waals surface area contributed by atoms with Gasteiger partial charge in [0, 0.05) is 25.2 Å². The number of carbonyl (C=O) groups is 2. The molecule has 0 spiro atoms. The van der Waals surface area contributed by atoms with Gasteiger partial charge in [-0.2, -0.15) is 0 Å². The molecule has 0 aromatic heterocycles. The van der Waals surface area contributed by atoms with Crippen molar-refractivity contribution < 1.29 is 19.1 Å². The zero-order valence-corrected chi connectivity index (χ0v) is 16.6. The van der Waals surface area contributed by atoms with Gasteiger partial charge in [0.05, 0.1) is 25.8 Å². The summed E-state index contributed by atoms with van der Waals surface area (Å²) < 4.78 is 10.5. The number of piperidine rings is 1. The van der Waals surface area contributed by atoms with Crippen LogP contribution in [-0.4, -0.2) is 62.7 Å². The maximum absolute atomic E-state index is 12.8. The zero-order chi connectivity index (χ0) is 18.5. The smallest absolute Gasteiger partial charge is 0.257 e. The van der Waals surface area contributed by atoms with Crippen LogP contribution in [0.25, 0.3) is 0 Å². The summed E-state index contributed by atoms with van der Waals surface area (Å²) in [4.78, 5) is 26.9. The van der Waals surface area contributed by atoms with Crippen molar-refractivity contribution in [3.63, 3.8) is 0 Å². The van der Waals surface area contributed by atoms with E-state index in [9.17, 15) is 9.59 Å². The average molecular weight is 398 g/mol. The quantitative estimate of drug-likeness (QED) is 0.788. The van der Waals surface area contributed by atoms with Gasteiger partial charge >= 0.3 is 0 Å². The highest BCUT2D eigenvalue weighted by Crippen LogP contribution is 2.26. The molecule has 2 aliphatic heterocycles. The molecule has 0 radical (unpaired) electrons. The lowest BCUT2D eigenvalue weighted by molar-refractivity contribution is -0.123. The van der Waals surface area contributed by atoms with Crippen molar-refractivity contribution in [2.45, 2.75) is 37.8 Å². The third-order valence-corrected chi connectivity index (χ3v) is 5.14. The summed E-state index contributed by atoms with van der Waals surface area (Å²) in [6, 6.07) is 5.29.